The molecule has 0 saturated carbocycles. The molecule has 4 nitrogen and oxygen atoms in total. The van der Waals surface area contributed by atoms with Gasteiger partial charge in [-0.2, -0.15) is 0 Å². The number of likely N-dealkylation sites (tertiary alicyclic amines) is 1. The molecule has 1 amide bonds. The largest absolute Gasteiger partial charge is 0.348 e. The van der Waals surface area contributed by atoms with Gasteiger partial charge in [0.15, 0.2) is 0 Å². The van der Waals surface area contributed by atoms with E-state index in [1.165, 1.54) is 13.0 Å². The average molecular weight is 199 g/mol. The smallest absolute Gasteiger partial charge is 0.236 e. The first kappa shape index (κ1) is 11.5. The van der Waals surface area contributed by atoms with Crippen LogP contribution in [0, 0.1) is 5.92 Å². The number of amides is 1. The second-order valence-corrected chi connectivity index (χ2v) is 4.34. The van der Waals surface area contributed by atoms with E-state index in [0.717, 1.165) is 19.0 Å². The van der Waals surface area contributed by atoms with Crippen LogP contribution in [0.15, 0.2) is 0 Å². The Labute approximate surface area is 86.2 Å². The van der Waals surface area contributed by atoms with Crippen LogP contribution in [0.5, 0.6) is 0 Å². The number of rotatable bonds is 4. The highest BCUT2D eigenvalue weighted by Gasteiger charge is 2.18. The molecule has 1 heterocycles. The molecule has 4 heteroatoms. The third-order valence-electron chi connectivity index (χ3n) is 2.70. The molecule has 1 atom stereocenters. The van der Waals surface area contributed by atoms with Gasteiger partial charge in [0.05, 0.1) is 6.54 Å². The van der Waals surface area contributed by atoms with Crippen LogP contribution in [0.1, 0.15) is 6.42 Å². The minimum Gasteiger partial charge on any atom is -0.348 e. The molecule has 1 saturated heterocycles. The van der Waals surface area contributed by atoms with E-state index in [4.69, 9.17) is 0 Å². The van der Waals surface area contributed by atoms with Gasteiger partial charge in [-0.25, -0.2) is 0 Å². The van der Waals surface area contributed by atoms with Crippen molar-refractivity contribution >= 4 is 5.91 Å². The van der Waals surface area contributed by atoms with Crippen molar-refractivity contribution in [3.63, 3.8) is 0 Å². The summed E-state index contributed by atoms with van der Waals surface area (Å²) in [5.41, 5.74) is 0. The molecular weight excluding hydrogens is 178 g/mol. The van der Waals surface area contributed by atoms with E-state index in [-0.39, 0.29) is 5.91 Å². The van der Waals surface area contributed by atoms with Crippen molar-refractivity contribution in [2.45, 2.75) is 6.42 Å². The maximum atomic E-state index is 11.2. The third-order valence-corrected chi connectivity index (χ3v) is 2.70. The minimum atomic E-state index is 0.149. The molecule has 14 heavy (non-hydrogen) atoms. The predicted molar refractivity (Wildman–Crippen MR) is 57.2 cm³/mol. The number of carbonyl (C=O) groups is 1. The van der Waals surface area contributed by atoms with Gasteiger partial charge < -0.3 is 15.1 Å². The minimum absolute atomic E-state index is 0.149. The summed E-state index contributed by atoms with van der Waals surface area (Å²) < 4.78 is 0. The first-order valence-corrected chi connectivity index (χ1v) is 5.19. The van der Waals surface area contributed by atoms with Crippen LogP contribution in [-0.2, 0) is 4.79 Å². The maximum Gasteiger partial charge on any atom is 0.236 e. The highest BCUT2D eigenvalue weighted by Crippen LogP contribution is 2.12. The van der Waals surface area contributed by atoms with Crippen LogP contribution in [0.25, 0.3) is 0 Å². The summed E-state index contributed by atoms with van der Waals surface area (Å²) in [4.78, 5) is 15.2. The lowest BCUT2D eigenvalue weighted by molar-refractivity contribution is -0.127. The Morgan fingerprint density at radius 3 is 2.79 bits per heavy atom. The number of nitrogens with one attached hydrogen (secondary N) is 1. The molecule has 0 aromatic heterocycles. The van der Waals surface area contributed by atoms with E-state index < -0.39 is 0 Å². The average Bonchev–Trinajstić information content (AvgIpc) is 2.51. The second kappa shape index (κ2) is 5.32. The highest BCUT2D eigenvalue weighted by molar-refractivity contribution is 5.77. The molecule has 1 rings (SSSR count). The number of nitrogens with zero attached hydrogens (tertiary/aromatic N) is 2. The first-order valence-electron chi connectivity index (χ1n) is 5.19. The first-order chi connectivity index (χ1) is 6.59. The van der Waals surface area contributed by atoms with Gasteiger partial charge in [-0.05, 0) is 32.5 Å². The summed E-state index contributed by atoms with van der Waals surface area (Å²) in [5.74, 6) is 0.867. The fourth-order valence-corrected chi connectivity index (χ4v) is 1.73. The molecule has 1 aliphatic heterocycles. The lowest BCUT2D eigenvalue weighted by Gasteiger charge is -2.13. The van der Waals surface area contributed by atoms with Gasteiger partial charge in [-0.15, -0.1) is 0 Å². The number of hydrogen-bond acceptors (Lipinski definition) is 3. The van der Waals surface area contributed by atoms with E-state index >= 15 is 0 Å². The normalized spacial score (nSPS) is 22.6. The topological polar surface area (TPSA) is 35.6 Å². The fraction of sp³-hybridized carbons (Fsp3) is 0.900. The van der Waals surface area contributed by atoms with Gasteiger partial charge >= 0.3 is 0 Å². The molecule has 0 aliphatic carbocycles. The highest BCUT2D eigenvalue weighted by atomic mass is 16.2. The van der Waals surface area contributed by atoms with Crippen LogP contribution in [-0.4, -0.2) is 63.0 Å². The Morgan fingerprint density at radius 1 is 1.57 bits per heavy atom. The molecular formula is C10H21N3O. The molecule has 1 aliphatic rings. The lowest BCUT2D eigenvalue weighted by atomic mass is 10.1. The summed E-state index contributed by atoms with van der Waals surface area (Å²) in [6.45, 7) is 3.77. The van der Waals surface area contributed by atoms with Gasteiger partial charge in [-0.3, -0.25) is 4.79 Å². The molecule has 82 valence electrons. The molecule has 0 spiro atoms. The van der Waals surface area contributed by atoms with Crippen molar-refractivity contribution in [2.75, 3.05) is 47.3 Å². The summed E-state index contributed by atoms with van der Waals surface area (Å²) in [6, 6.07) is 0. The number of carbonyl (C=O) groups excluding carboxylic acids is 1. The van der Waals surface area contributed by atoms with Gasteiger partial charge in [0, 0.05) is 20.6 Å². The monoisotopic (exact) mass is 199 g/mol. The SMILES string of the molecule is CN1CCC(CNCC(=O)N(C)C)C1. The summed E-state index contributed by atoms with van der Waals surface area (Å²) >= 11 is 0. The van der Waals surface area contributed by atoms with E-state index in [9.17, 15) is 4.79 Å². The predicted octanol–water partition coefficient (Wildman–Crippen LogP) is -0.384. The maximum absolute atomic E-state index is 11.2. The van der Waals surface area contributed by atoms with E-state index in [1.54, 1.807) is 19.0 Å². The Balaban J connectivity index is 2.07. The van der Waals surface area contributed by atoms with Crippen LogP contribution in [0.2, 0.25) is 0 Å². The van der Waals surface area contributed by atoms with Crippen molar-refractivity contribution in [1.82, 2.24) is 15.1 Å². The molecule has 1 N–H and O–H groups in total. The second-order valence-electron chi connectivity index (χ2n) is 4.34. The van der Waals surface area contributed by atoms with Crippen molar-refractivity contribution < 1.29 is 4.79 Å². The Morgan fingerprint density at radius 2 is 2.29 bits per heavy atom. The number of hydrogen-bond donors (Lipinski definition) is 1. The standard InChI is InChI=1S/C10H21N3O/c1-12(2)10(14)7-11-6-9-4-5-13(3)8-9/h9,11H,4-8H2,1-3H3. The summed E-state index contributed by atoms with van der Waals surface area (Å²) in [7, 11) is 5.71. The molecule has 0 aromatic carbocycles. The molecule has 1 unspecified atom stereocenters. The van der Waals surface area contributed by atoms with Gasteiger partial charge in [0.1, 0.15) is 0 Å². The van der Waals surface area contributed by atoms with Crippen LogP contribution in [0.4, 0.5) is 0 Å². The summed E-state index contributed by atoms with van der Waals surface area (Å²) in [6.07, 6.45) is 1.25. The Kier molecular flexibility index (Phi) is 4.35. The van der Waals surface area contributed by atoms with E-state index in [2.05, 4.69) is 17.3 Å². The molecule has 0 bridgehead atoms. The third kappa shape index (κ3) is 3.64. The zero-order valence-corrected chi connectivity index (χ0v) is 9.42. The van der Waals surface area contributed by atoms with Crippen molar-refractivity contribution in [3.8, 4) is 0 Å². The van der Waals surface area contributed by atoms with Gasteiger partial charge in [-0.1, -0.05) is 0 Å². The van der Waals surface area contributed by atoms with Crippen molar-refractivity contribution in [3.05, 3.63) is 0 Å². The quantitative estimate of drug-likeness (QED) is 0.670. The Bertz CT molecular complexity index is 194. The fourth-order valence-electron chi connectivity index (χ4n) is 1.73. The lowest BCUT2D eigenvalue weighted by Crippen LogP contribution is -2.35. The van der Waals surface area contributed by atoms with Gasteiger partial charge in [0.2, 0.25) is 5.91 Å². The van der Waals surface area contributed by atoms with Crippen LogP contribution < -0.4 is 5.32 Å². The molecule has 1 fully saturated rings. The zero-order chi connectivity index (χ0) is 10.6. The molecule has 0 aromatic rings. The zero-order valence-electron chi connectivity index (χ0n) is 9.42. The Hall–Kier alpha value is -0.610. The van der Waals surface area contributed by atoms with Crippen molar-refractivity contribution in [1.29, 1.82) is 0 Å². The molecule has 0 radical (unpaired) electrons. The van der Waals surface area contributed by atoms with E-state index in [1.807, 2.05) is 0 Å². The van der Waals surface area contributed by atoms with Crippen molar-refractivity contribution in [2.24, 2.45) is 5.92 Å². The number of likely N-dealkylation sites (N-methyl/N-ethyl adjacent to an activating group) is 1. The van der Waals surface area contributed by atoms with Crippen LogP contribution in [0.3, 0.4) is 0 Å². The van der Waals surface area contributed by atoms with E-state index in [0.29, 0.717) is 6.54 Å². The van der Waals surface area contributed by atoms with Crippen LogP contribution >= 0.6 is 0 Å². The van der Waals surface area contributed by atoms with Gasteiger partial charge in [0.25, 0.3) is 0 Å². The summed E-state index contributed by atoms with van der Waals surface area (Å²) in [5, 5.41) is 3.21.